The van der Waals surface area contributed by atoms with Crippen LogP contribution in [0.4, 0.5) is 16.0 Å². The lowest BCUT2D eigenvalue weighted by Gasteiger charge is -2.25. The van der Waals surface area contributed by atoms with Crippen LogP contribution in [-0.4, -0.2) is 51.1 Å². The second-order valence-electron chi connectivity index (χ2n) is 7.03. The van der Waals surface area contributed by atoms with E-state index in [1.807, 2.05) is 0 Å². The molecule has 0 radical (unpaired) electrons. The number of rotatable bonds is 5. The fraction of sp³-hybridized carbons (Fsp3) is 0.238. The molecule has 0 aliphatic carbocycles. The van der Waals surface area contributed by atoms with E-state index in [0.29, 0.717) is 32.7 Å². The molecule has 1 aliphatic heterocycles. The van der Waals surface area contributed by atoms with Crippen LogP contribution in [0.3, 0.4) is 0 Å². The third kappa shape index (κ3) is 4.35. The Morgan fingerprint density at radius 1 is 1.13 bits per heavy atom. The summed E-state index contributed by atoms with van der Waals surface area (Å²) in [5.74, 6) is 0.754. The maximum Gasteiger partial charge on any atom is 0.151 e. The van der Waals surface area contributed by atoms with Gasteiger partial charge in [-0.15, -0.1) is 11.3 Å². The zero-order valence-corrected chi connectivity index (χ0v) is 18.0. The number of hydrogen-bond acceptors (Lipinski definition) is 8. The minimum Gasteiger partial charge on any atom is -0.379 e. The normalized spacial score (nSPS) is 14.8. The highest BCUT2D eigenvalue weighted by molar-refractivity contribution is 7.22. The Morgan fingerprint density at radius 2 is 2.00 bits per heavy atom. The van der Waals surface area contributed by atoms with Crippen LogP contribution < -0.4 is 5.32 Å². The summed E-state index contributed by atoms with van der Waals surface area (Å²) in [6.07, 6.45) is 5.10. The van der Waals surface area contributed by atoms with E-state index in [9.17, 15) is 4.39 Å². The lowest BCUT2D eigenvalue weighted by Crippen LogP contribution is -2.35. The highest BCUT2D eigenvalue weighted by Crippen LogP contribution is 2.38. The van der Waals surface area contributed by atoms with E-state index in [1.165, 1.54) is 17.4 Å². The molecule has 158 valence electrons. The first kappa shape index (κ1) is 20.2. The Labute approximate surface area is 186 Å². The van der Waals surface area contributed by atoms with Crippen molar-refractivity contribution < 1.29 is 9.13 Å². The summed E-state index contributed by atoms with van der Waals surface area (Å²) in [6, 6.07) is 6.38. The molecule has 0 amide bonds. The maximum atomic E-state index is 14.3. The molecular formula is C21H18ClFN6OS. The molecule has 0 unspecified atom stereocenters. The van der Waals surface area contributed by atoms with Crippen molar-refractivity contribution in [2.45, 2.75) is 6.54 Å². The van der Waals surface area contributed by atoms with Crippen LogP contribution in [0.2, 0.25) is 5.02 Å². The van der Waals surface area contributed by atoms with Crippen molar-refractivity contribution in [3.63, 3.8) is 0 Å². The number of thiazole rings is 1. The molecule has 0 spiro atoms. The predicted molar refractivity (Wildman–Crippen MR) is 119 cm³/mol. The smallest absolute Gasteiger partial charge is 0.151 e. The van der Waals surface area contributed by atoms with Crippen molar-refractivity contribution in [2.75, 3.05) is 31.6 Å². The fourth-order valence-corrected chi connectivity index (χ4v) is 4.74. The molecule has 1 fully saturated rings. The molecule has 1 aromatic carbocycles. The summed E-state index contributed by atoms with van der Waals surface area (Å²) in [4.78, 5) is 20.2. The fourth-order valence-electron chi connectivity index (χ4n) is 3.36. The van der Waals surface area contributed by atoms with Gasteiger partial charge in [0.15, 0.2) is 5.82 Å². The molecule has 31 heavy (non-hydrogen) atoms. The van der Waals surface area contributed by atoms with Gasteiger partial charge in [0.25, 0.3) is 0 Å². The standard InChI is InChI=1S/C21H18ClFN6OS/c22-14-2-1-3-15(23)18(14)21-27-16-4-5-24-20(19(16)31-21)28-17-11-25-13(10-26-17)12-29-6-8-30-9-7-29/h1-5,10-11H,6-9,12H2,(H,24,26,28). The second-order valence-corrected chi connectivity index (χ2v) is 8.44. The number of morpholine rings is 1. The van der Waals surface area contributed by atoms with Gasteiger partial charge in [-0.25, -0.2) is 19.3 Å². The third-order valence-electron chi connectivity index (χ3n) is 4.92. The summed E-state index contributed by atoms with van der Waals surface area (Å²) >= 11 is 7.54. The van der Waals surface area contributed by atoms with Gasteiger partial charge in [0.1, 0.15) is 16.6 Å². The molecule has 0 saturated carbocycles. The molecule has 0 atom stereocenters. The van der Waals surface area contributed by atoms with Gasteiger partial charge in [0.2, 0.25) is 0 Å². The van der Waals surface area contributed by atoms with Crippen LogP contribution >= 0.6 is 22.9 Å². The topological polar surface area (TPSA) is 76.1 Å². The van der Waals surface area contributed by atoms with Crippen molar-refractivity contribution in [2.24, 2.45) is 0 Å². The SMILES string of the molecule is Fc1cccc(Cl)c1-c1nc2ccnc(Nc3cnc(CN4CCOCC4)cn3)c2s1. The van der Waals surface area contributed by atoms with Gasteiger partial charge in [-0.3, -0.25) is 9.88 Å². The monoisotopic (exact) mass is 456 g/mol. The van der Waals surface area contributed by atoms with Gasteiger partial charge in [0.05, 0.1) is 52.1 Å². The molecule has 1 aliphatic rings. The highest BCUT2D eigenvalue weighted by Gasteiger charge is 2.17. The van der Waals surface area contributed by atoms with E-state index < -0.39 is 5.82 Å². The number of pyridine rings is 1. The van der Waals surface area contributed by atoms with Gasteiger partial charge in [-0.2, -0.15) is 0 Å². The molecule has 10 heteroatoms. The van der Waals surface area contributed by atoms with E-state index in [0.717, 1.165) is 43.2 Å². The Balaban J connectivity index is 1.38. The molecule has 4 heterocycles. The van der Waals surface area contributed by atoms with Crippen molar-refractivity contribution in [3.8, 4) is 10.6 Å². The molecule has 3 aromatic heterocycles. The average Bonchev–Trinajstić information content (AvgIpc) is 3.20. The number of benzene rings is 1. The van der Waals surface area contributed by atoms with Gasteiger partial charge < -0.3 is 10.1 Å². The van der Waals surface area contributed by atoms with Crippen molar-refractivity contribution in [1.82, 2.24) is 24.8 Å². The summed E-state index contributed by atoms with van der Waals surface area (Å²) in [5, 5.41) is 4.02. The summed E-state index contributed by atoms with van der Waals surface area (Å²) in [6.45, 7) is 4.03. The third-order valence-corrected chi connectivity index (χ3v) is 6.33. The van der Waals surface area contributed by atoms with Gasteiger partial charge in [-0.1, -0.05) is 17.7 Å². The summed E-state index contributed by atoms with van der Waals surface area (Å²) in [7, 11) is 0. The molecule has 1 saturated heterocycles. The zero-order valence-electron chi connectivity index (χ0n) is 16.4. The van der Waals surface area contributed by atoms with Gasteiger partial charge >= 0.3 is 0 Å². The van der Waals surface area contributed by atoms with Crippen LogP contribution in [0.15, 0.2) is 42.9 Å². The first-order valence-corrected chi connectivity index (χ1v) is 10.9. The summed E-state index contributed by atoms with van der Waals surface area (Å²) in [5.41, 5.74) is 1.89. The first-order valence-electron chi connectivity index (χ1n) is 9.75. The molecule has 1 N–H and O–H groups in total. The lowest BCUT2D eigenvalue weighted by atomic mass is 10.2. The quantitative estimate of drug-likeness (QED) is 0.473. The van der Waals surface area contributed by atoms with Crippen LogP contribution in [0, 0.1) is 5.82 Å². The van der Waals surface area contributed by atoms with Crippen LogP contribution in [0.5, 0.6) is 0 Å². The van der Waals surface area contributed by atoms with E-state index in [4.69, 9.17) is 16.3 Å². The van der Waals surface area contributed by atoms with Crippen LogP contribution in [-0.2, 0) is 11.3 Å². The highest BCUT2D eigenvalue weighted by atomic mass is 35.5. The minimum absolute atomic E-state index is 0.295. The molecule has 5 rings (SSSR count). The number of hydrogen-bond donors (Lipinski definition) is 1. The Kier molecular flexibility index (Phi) is 5.73. The Bertz CT molecular complexity index is 1190. The average molecular weight is 457 g/mol. The van der Waals surface area contributed by atoms with Crippen molar-refractivity contribution >= 4 is 44.8 Å². The molecule has 4 aromatic rings. The van der Waals surface area contributed by atoms with Crippen LogP contribution in [0.1, 0.15) is 5.69 Å². The zero-order chi connectivity index (χ0) is 21.2. The van der Waals surface area contributed by atoms with Crippen LogP contribution in [0.25, 0.3) is 20.8 Å². The first-order chi connectivity index (χ1) is 15.2. The number of anilines is 2. The predicted octanol–water partition coefficient (Wildman–Crippen LogP) is 4.52. The van der Waals surface area contributed by atoms with Crippen molar-refractivity contribution in [3.05, 3.63) is 59.4 Å². The number of halogens is 2. The van der Waals surface area contributed by atoms with Crippen molar-refractivity contribution in [1.29, 1.82) is 0 Å². The summed E-state index contributed by atoms with van der Waals surface area (Å²) < 4.78 is 20.5. The molecule has 7 nitrogen and oxygen atoms in total. The Morgan fingerprint density at radius 3 is 2.77 bits per heavy atom. The van der Waals surface area contributed by atoms with E-state index >= 15 is 0 Å². The number of nitrogens with zero attached hydrogens (tertiary/aromatic N) is 5. The van der Waals surface area contributed by atoms with E-state index in [2.05, 4.69) is 30.2 Å². The largest absolute Gasteiger partial charge is 0.379 e. The number of fused-ring (bicyclic) bond motifs is 1. The van der Waals surface area contributed by atoms with E-state index in [1.54, 1.807) is 36.8 Å². The van der Waals surface area contributed by atoms with Gasteiger partial charge in [0, 0.05) is 25.8 Å². The number of aromatic nitrogens is 4. The molecular weight excluding hydrogens is 439 g/mol. The lowest BCUT2D eigenvalue weighted by molar-refractivity contribution is 0.0336. The minimum atomic E-state index is -0.407. The maximum absolute atomic E-state index is 14.3. The second kappa shape index (κ2) is 8.80. The van der Waals surface area contributed by atoms with Gasteiger partial charge in [-0.05, 0) is 18.2 Å². The number of ether oxygens (including phenoxy) is 1. The van der Waals surface area contributed by atoms with E-state index in [-0.39, 0.29) is 0 Å². The molecule has 0 bridgehead atoms. The number of nitrogens with one attached hydrogen (secondary N) is 1. The Hall–Kier alpha value is -2.72.